The Kier molecular flexibility index (Phi) is 11.8. The fraction of sp³-hybridized carbons (Fsp3) is 0.242. The average molecular weight is 592 g/mol. The summed E-state index contributed by atoms with van der Waals surface area (Å²) in [5.74, 6) is 1.26. The monoisotopic (exact) mass is 591 g/mol. The molecule has 4 aromatic rings. The highest BCUT2D eigenvalue weighted by atomic mass is 32.3. The summed E-state index contributed by atoms with van der Waals surface area (Å²) in [6, 6.07) is 35.7. The Morgan fingerprint density at radius 1 is 0.690 bits per heavy atom. The van der Waals surface area contributed by atoms with Gasteiger partial charge in [-0.2, -0.15) is 8.42 Å². The molecule has 0 heterocycles. The summed E-state index contributed by atoms with van der Waals surface area (Å²) >= 11 is 0. The van der Waals surface area contributed by atoms with Crippen LogP contribution in [0, 0.1) is 0 Å². The molecule has 0 saturated heterocycles. The zero-order valence-corrected chi connectivity index (χ0v) is 24.8. The zero-order valence-electron chi connectivity index (χ0n) is 24.0. The molecule has 4 rings (SSSR count). The molecule has 0 saturated carbocycles. The number of hydrogen-bond donors (Lipinski definition) is 2. The summed E-state index contributed by atoms with van der Waals surface area (Å²) in [5.41, 5.74) is 3.70. The van der Waals surface area contributed by atoms with Crippen LogP contribution in [0.15, 0.2) is 109 Å². The molecule has 0 aliphatic rings. The van der Waals surface area contributed by atoms with Crippen LogP contribution in [0.25, 0.3) is 0 Å². The molecule has 0 amide bonds. The second kappa shape index (κ2) is 15.3. The second-order valence-corrected chi connectivity index (χ2v) is 11.5. The van der Waals surface area contributed by atoms with Gasteiger partial charge in [-0.15, -0.1) is 0 Å². The van der Waals surface area contributed by atoms with E-state index in [1.54, 1.807) is 0 Å². The third-order valence-electron chi connectivity index (χ3n) is 6.20. The maximum absolute atomic E-state index is 13.6. The number of nitrogens with zero attached hydrogens (tertiary/aromatic N) is 1. The smallest absolute Gasteiger partial charge is 0.394 e. The van der Waals surface area contributed by atoms with Gasteiger partial charge in [0, 0.05) is 23.7 Å². The van der Waals surface area contributed by atoms with Crippen molar-refractivity contribution in [3.8, 4) is 11.5 Å². The van der Waals surface area contributed by atoms with Crippen molar-refractivity contribution in [3.63, 3.8) is 0 Å². The van der Waals surface area contributed by atoms with E-state index in [9.17, 15) is 4.79 Å². The van der Waals surface area contributed by atoms with Gasteiger partial charge in [0.05, 0.1) is 6.54 Å². The number of rotatable bonds is 11. The molecule has 0 fully saturated rings. The van der Waals surface area contributed by atoms with Crippen LogP contribution in [0.5, 0.6) is 11.5 Å². The van der Waals surface area contributed by atoms with Crippen molar-refractivity contribution in [2.75, 3.05) is 6.54 Å². The van der Waals surface area contributed by atoms with E-state index in [1.807, 2.05) is 97.1 Å². The predicted molar refractivity (Wildman–Crippen MR) is 163 cm³/mol. The van der Waals surface area contributed by atoms with Crippen molar-refractivity contribution in [2.24, 2.45) is 0 Å². The summed E-state index contributed by atoms with van der Waals surface area (Å²) in [5, 5.41) is 0. The van der Waals surface area contributed by atoms with Crippen LogP contribution in [-0.4, -0.2) is 40.3 Å². The van der Waals surface area contributed by atoms with Crippen LogP contribution in [0.4, 0.5) is 0 Å². The third kappa shape index (κ3) is 12.2. The SMILES string of the molecule is CC(C)(C)N(CC(=O)c1cc(OCc2ccccc2)cc(OCc2ccccc2)c1)Cc1ccccc1.O=S(=O)(O)O. The van der Waals surface area contributed by atoms with Crippen molar-refractivity contribution < 1.29 is 31.8 Å². The van der Waals surface area contributed by atoms with E-state index in [-0.39, 0.29) is 11.3 Å². The molecule has 8 nitrogen and oxygen atoms in total. The van der Waals surface area contributed by atoms with Crippen molar-refractivity contribution in [1.29, 1.82) is 0 Å². The van der Waals surface area contributed by atoms with E-state index >= 15 is 0 Å². The molecule has 42 heavy (non-hydrogen) atoms. The van der Waals surface area contributed by atoms with Gasteiger partial charge < -0.3 is 9.47 Å². The number of carbonyl (C=O) groups excluding carboxylic acids is 1. The Bertz CT molecular complexity index is 1440. The number of benzene rings is 4. The topological polar surface area (TPSA) is 113 Å². The molecule has 0 radical (unpaired) electrons. The molecular formula is C33H37NO7S. The minimum absolute atomic E-state index is 0.0283. The van der Waals surface area contributed by atoms with Gasteiger partial charge in [0.2, 0.25) is 0 Å². The van der Waals surface area contributed by atoms with Crippen LogP contribution in [0.1, 0.15) is 47.8 Å². The lowest BCUT2D eigenvalue weighted by Gasteiger charge is -2.35. The number of ether oxygens (including phenoxy) is 2. The van der Waals surface area contributed by atoms with Gasteiger partial charge >= 0.3 is 10.4 Å². The molecule has 0 aliphatic heterocycles. The van der Waals surface area contributed by atoms with E-state index in [0.29, 0.717) is 43.4 Å². The van der Waals surface area contributed by atoms with Crippen LogP contribution < -0.4 is 9.47 Å². The fourth-order valence-electron chi connectivity index (χ4n) is 3.98. The van der Waals surface area contributed by atoms with Crippen LogP contribution in [0.2, 0.25) is 0 Å². The molecule has 0 spiro atoms. The molecule has 4 aromatic carbocycles. The van der Waals surface area contributed by atoms with Crippen LogP contribution in [0.3, 0.4) is 0 Å². The lowest BCUT2D eigenvalue weighted by atomic mass is 10.0. The highest BCUT2D eigenvalue weighted by Crippen LogP contribution is 2.26. The van der Waals surface area contributed by atoms with E-state index in [1.165, 1.54) is 5.56 Å². The molecule has 2 N–H and O–H groups in total. The molecule has 0 aliphatic carbocycles. The summed E-state index contributed by atoms with van der Waals surface area (Å²) in [6.45, 7) is 8.22. The Hall–Kier alpha value is -4.02. The number of hydrogen-bond acceptors (Lipinski definition) is 6. The summed E-state index contributed by atoms with van der Waals surface area (Å²) in [7, 11) is -4.67. The molecule has 0 bridgehead atoms. The number of Topliss-reactive ketones (excluding diaryl/α,β-unsaturated/α-hetero) is 1. The summed E-state index contributed by atoms with van der Waals surface area (Å²) in [4.78, 5) is 15.8. The largest absolute Gasteiger partial charge is 0.489 e. The highest BCUT2D eigenvalue weighted by Gasteiger charge is 2.25. The Balaban J connectivity index is 0.000000892. The van der Waals surface area contributed by atoms with Gasteiger partial charge in [0.1, 0.15) is 24.7 Å². The van der Waals surface area contributed by atoms with Crippen molar-refractivity contribution in [1.82, 2.24) is 4.90 Å². The first kappa shape index (κ1) is 32.5. The van der Waals surface area contributed by atoms with Crippen molar-refractivity contribution >= 4 is 16.2 Å². The molecule has 0 aromatic heterocycles. The highest BCUT2D eigenvalue weighted by molar-refractivity contribution is 7.79. The van der Waals surface area contributed by atoms with E-state index < -0.39 is 10.4 Å². The first-order chi connectivity index (χ1) is 19.9. The molecule has 0 unspecified atom stereocenters. The average Bonchev–Trinajstić information content (AvgIpc) is 2.95. The minimum atomic E-state index is -4.67. The van der Waals surface area contributed by atoms with Gasteiger partial charge in [0.25, 0.3) is 0 Å². The Labute approximate surface area is 248 Å². The van der Waals surface area contributed by atoms with Gasteiger partial charge in [-0.1, -0.05) is 91.0 Å². The lowest BCUT2D eigenvalue weighted by molar-refractivity contribution is 0.0792. The normalized spacial score (nSPS) is 11.4. The second-order valence-electron chi connectivity index (χ2n) is 10.6. The maximum atomic E-state index is 13.6. The predicted octanol–water partition coefficient (Wildman–Crippen LogP) is 6.68. The van der Waals surface area contributed by atoms with E-state index in [0.717, 1.165) is 11.1 Å². The van der Waals surface area contributed by atoms with Crippen molar-refractivity contribution in [2.45, 2.75) is 46.1 Å². The molecule has 222 valence electrons. The fourth-order valence-corrected chi connectivity index (χ4v) is 3.98. The van der Waals surface area contributed by atoms with Crippen LogP contribution in [-0.2, 0) is 30.2 Å². The Morgan fingerprint density at radius 2 is 1.07 bits per heavy atom. The standard InChI is InChI=1S/C33H35NO3.H2O4S/c1-33(2,3)34(22-26-13-7-4-8-14-26)23-32(35)29-19-30(36-24-27-15-9-5-10-16-27)21-31(20-29)37-25-28-17-11-6-12-18-28;1-5(2,3)4/h4-21H,22-25H2,1-3H3;(H2,1,2,3,4). The maximum Gasteiger partial charge on any atom is 0.394 e. The molecule has 9 heteroatoms. The van der Waals surface area contributed by atoms with Gasteiger partial charge in [-0.25, -0.2) is 0 Å². The number of carbonyl (C=O) groups is 1. The van der Waals surface area contributed by atoms with Crippen LogP contribution >= 0.6 is 0 Å². The van der Waals surface area contributed by atoms with Gasteiger partial charge in [-0.3, -0.25) is 18.8 Å². The summed E-state index contributed by atoms with van der Waals surface area (Å²) in [6.07, 6.45) is 0. The quantitative estimate of drug-likeness (QED) is 0.147. The molecule has 0 atom stereocenters. The van der Waals surface area contributed by atoms with Crippen molar-refractivity contribution in [3.05, 3.63) is 131 Å². The Morgan fingerprint density at radius 3 is 1.45 bits per heavy atom. The summed E-state index contributed by atoms with van der Waals surface area (Å²) < 4.78 is 43.8. The molecular weight excluding hydrogens is 554 g/mol. The van der Waals surface area contributed by atoms with E-state index in [2.05, 4.69) is 37.8 Å². The van der Waals surface area contributed by atoms with Gasteiger partial charge in [0.15, 0.2) is 5.78 Å². The minimum Gasteiger partial charge on any atom is -0.489 e. The lowest BCUT2D eigenvalue weighted by Crippen LogP contribution is -2.43. The first-order valence-electron chi connectivity index (χ1n) is 13.4. The number of ketones is 1. The van der Waals surface area contributed by atoms with E-state index in [4.69, 9.17) is 27.0 Å². The first-order valence-corrected chi connectivity index (χ1v) is 14.8. The van der Waals surface area contributed by atoms with Gasteiger partial charge in [-0.05, 0) is 49.6 Å². The third-order valence-corrected chi connectivity index (χ3v) is 6.20. The zero-order chi connectivity index (χ0) is 30.6.